The zero-order valence-electron chi connectivity index (χ0n) is 29.9. The van der Waals surface area contributed by atoms with Crippen LogP contribution in [0, 0.1) is 8.99 Å². The van der Waals surface area contributed by atoms with Gasteiger partial charge in [-0.3, -0.25) is 14.4 Å². The normalized spacial score (nSPS) is 17.0. The van der Waals surface area contributed by atoms with Crippen molar-refractivity contribution in [2.75, 3.05) is 59.1 Å². The fraction of sp³-hybridized carbons (Fsp3) is 0.486. The van der Waals surface area contributed by atoms with E-state index in [0.717, 1.165) is 9.26 Å². The minimum absolute atomic E-state index is 0.0811. The average Bonchev–Trinajstić information content (AvgIpc) is 3.75. The Hall–Kier alpha value is -4.02. The van der Waals surface area contributed by atoms with Crippen molar-refractivity contribution in [2.45, 2.75) is 57.7 Å². The van der Waals surface area contributed by atoms with E-state index in [-0.39, 0.29) is 44.7 Å². The minimum Gasteiger partial charge on any atom is -0.463 e. The summed E-state index contributed by atoms with van der Waals surface area (Å²) in [6, 6.07) is 11.0. The highest BCUT2D eigenvalue weighted by atomic mass is 127. The highest BCUT2D eigenvalue weighted by Gasteiger charge is 2.56. The molecule has 1 fully saturated rings. The Kier molecular flexibility index (Phi) is 13.6. The Morgan fingerprint density at radius 3 is 2.22 bits per heavy atom. The molecule has 0 saturated carbocycles. The summed E-state index contributed by atoms with van der Waals surface area (Å²) in [7, 11) is 4.62. The lowest BCUT2D eigenvalue weighted by atomic mass is 9.85. The Morgan fingerprint density at radius 1 is 1.00 bits per heavy atom. The van der Waals surface area contributed by atoms with E-state index in [1.54, 1.807) is 41.1 Å². The molecule has 1 saturated heterocycles. The van der Waals surface area contributed by atoms with Crippen molar-refractivity contribution in [2.24, 2.45) is 5.41 Å². The second kappa shape index (κ2) is 17.5. The Balaban J connectivity index is 1.46. The van der Waals surface area contributed by atoms with E-state index in [0.29, 0.717) is 36.3 Å². The van der Waals surface area contributed by atoms with Crippen LogP contribution in [0.1, 0.15) is 44.7 Å². The molecule has 2 aliphatic rings. The van der Waals surface area contributed by atoms with Crippen LogP contribution >= 0.6 is 22.6 Å². The first-order valence-corrected chi connectivity index (χ1v) is 17.8. The van der Waals surface area contributed by atoms with Crippen molar-refractivity contribution in [3.8, 4) is 5.75 Å². The summed E-state index contributed by atoms with van der Waals surface area (Å²) in [6.45, 7) is 6.09. The van der Waals surface area contributed by atoms with Gasteiger partial charge in [0.25, 0.3) is 0 Å². The van der Waals surface area contributed by atoms with Gasteiger partial charge in [0, 0.05) is 55.1 Å². The van der Waals surface area contributed by atoms with Crippen LogP contribution in [-0.4, -0.2) is 106 Å². The lowest BCUT2D eigenvalue weighted by Crippen LogP contribution is -2.57. The number of carbonyl (C=O) groups excluding carboxylic acids is 5. The van der Waals surface area contributed by atoms with Crippen LogP contribution in [-0.2, 0) is 49.3 Å². The number of halogens is 1. The lowest BCUT2D eigenvalue weighted by Gasteiger charge is -2.36. The molecule has 0 unspecified atom stereocenters. The van der Waals surface area contributed by atoms with Gasteiger partial charge in [0.1, 0.15) is 31.0 Å². The van der Waals surface area contributed by atoms with Gasteiger partial charge in [-0.1, -0.05) is 26.8 Å². The SMILES string of the molecule is COCCOC(=O)C1(C(=O)OCCOC)Cc2cc(/C=C/C(=O)N[C@H](C(=O)N3CCC[C@H]3C(=O)N(C)c3ccc(I)cc3)C(C)(C)C)ccc2O1. The van der Waals surface area contributed by atoms with Crippen molar-refractivity contribution in [3.63, 3.8) is 0 Å². The van der Waals surface area contributed by atoms with Crippen LogP contribution in [0.4, 0.5) is 5.69 Å². The number of benzene rings is 2. The lowest BCUT2D eigenvalue weighted by molar-refractivity contribution is -0.179. The Bertz CT molecular complexity index is 1600. The molecule has 0 aromatic heterocycles. The van der Waals surface area contributed by atoms with Crippen LogP contribution < -0.4 is 15.0 Å². The number of fused-ring (bicyclic) bond motifs is 1. The molecular formula is C37H46IN3O10. The second-order valence-electron chi connectivity index (χ2n) is 13.4. The number of anilines is 1. The van der Waals surface area contributed by atoms with Gasteiger partial charge in [0.2, 0.25) is 17.7 Å². The zero-order chi connectivity index (χ0) is 37.3. The summed E-state index contributed by atoms with van der Waals surface area (Å²) in [4.78, 5) is 70.3. The number of nitrogens with one attached hydrogen (secondary N) is 1. The van der Waals surface area contributed by atoms with Gasteiger partial charge in [-0.2, -0.15) is 0 Å². The first-order chi connectivity index (χ1) is 24.2. The number of hydrogen-bond acceptors (Lipinski definition) is 10. The molecular weight excluding hydrogens is 773 g/mol. The third-order valence-corrected chi connectivity index (χ3v) is 9.42. The van der Waals surface area contributed by atoms with Crippen LogP contribution in [0.25, 0.3) is 6.08 Å². The Labute approximate surface area is 312 Å². The molecule has 0 radical (unpaired) electrons. The third kappa shape index (κ3) is 9.65. The monoisotopic (exact) mass is 819 g/mol. The summed E-state index contributed by atoms with van der Waals surface area (Å²) >= 11 is 2.20. The molecule has 4 rings (SSSR count). The maximum absolute atomic E-state index is 14.0. The topological polar surface area (TPSA) is 150 Å². The van der Waals surface area contributed by atoms with E-state index in [2.05, 4.69) is 27.9 Å². The van der Waals surface area contributed by atoms with Crippen LogP contribution in [0.3, 0.4) is 0 Å². The number of likely N-dealkylation sites (tertiary alicyclic amines) is 1. The summed E-state index contributed by atoms with van der Waals surface area (Å²) < 4.78 is 27.4. The third-order valence-electron chi connectivity index (χ3n) is 8.70. The van der Waals surface area contributed by atoms with Crippen LogP contribution in [0.5, 0.6) is 5.75 Å². The number of ether oxygens (including phenoxy) is 5. The maximum Gasteiger partial charge on any atom is 0.362 e. The molecule has 3 amide bonds. The number of hydrogen-bond donors (Lipinski definition) is 1. The molecule has 1 N–H and O–H groups in total. The molecule has 276 valence electrons. The van der Waals surface area contributed by atoms with Crippen molar-refractivity contribution in [1.82, 2.24) is 10.2 Å². The Morgan fingerprint density at radius 2 is 1.63 bits per heavy atom. The number of esters is 2. The van der Waals surface area contributed by atoms with Gasteiger partial charge >= 0.3 is 17.5 Å². The quantitative estimate of drug-likeness (QED) is 0.0987. The number of likely N-dealkylation sites (N-methyl/N-ethyl adjacent to an activating group) is 1. The minimum atomic E-state index is -2.05. The van der Waals surface area contributed by atoms with E-state index in [9.17, 15) is 24.0 Å². The summed E-state index contributed by atoms with van der Waals surface area (Å²) in [6.07, 6.45) is 3.93. The molecule has 2 aromatic carbocycles. The van der Waals surface area contributed by atoms with Gasteiger partial charge in [-0.15, -0.1) is 0 Å². The number of nitrogens with zero attached hydrogens (tertiary/aromatic N) is 2. The molecule has 2 atom stereocenters. The smallest absolute Gasteiger partial charge is 0.362 e. The molecule has 2 aromatic rings. The molecule has 2 aliphatic heterocycles. The molecule has 0 bridgehead atoms. The van der Waals surface area contributed by atoms with Gasteiger partial charge in [0.05, 0.1) is 13.2 Å². The summed E-state index contributed by atoms with van der Waals surface area (Å²) in [5.41, 5.74) is -0.854. The molecule has 2 heterocycles. The van der Waals surface area contributed by atoms with Crippen molar-refractivity contribution in [3.05, 3.63) is 63.2 Å². The van der Waals surface area contributed by atoms with Crippen LogP contribution in [0.2, 0.25) is 0 Å². The molecule has 0 spiro atoms. The zero-order valence-corrected chi connectivity index (χ0v) is 32.0. The van der Waals surface area contributed by atoms with Crippen molar-refractivity contribution < 1.29 is 47.7 Å². The number of methoxy groups -OCH3 is 2. The van der Waals surface area contributed by atoms with E-state index in [1.807, 2.05) is 45.0 Å². The predicted octanol–water partition coefficient (Wildman–Crippen LogP) is 3.54. The highest BCUT2D eigenvalue weighted by molar-refractivity contribution is 14.1. The predicted molar refractivity (Wildman–Crippen MR) is 197 cm³/mol. The van der Waals surface area contributed by atoms with Crippen molar-refractivity contribution in [1.29, 1.82) is 0 Å². The molecule has 0 aliphatic carbocycles. The standard InChI is InChI=1S/C37H46IN3O10/c1-36(2,3)31(33(44)41-17-7-8-28(41)32(43)40(4)27-13-11-26(38)12-14-27)39-30(42)16-10-24-9-15-29-25(22-24)23-37(51-29,34(45)49-20-18-47-5)35(46)50-21-19-48-6/h9-16,22,28,31H,7-8,17-21,23H2,1-6H3,(H,39,42)/b16-10+/t28-,31+/m0/s1. The fourth-order valence-electron chi connectivity index (χ4n) is 5.89. The van der Waals surface area contributed by atoms with E-state index in [1.165, 1.54) is 20.3 Å². The van der Waals surface area contributed by atoms with Gasteiger partial charge in [0.15, 0.2) is 0 Å². The first kappa shape index (κ1) is 39.8. The summed E-state index contributed by atoms with van der Waals surface area (Å²) in [5, 5.41) is 2.86. The summed E-state index contributed by atoms with van der Waals surface area (Å²) in [5.74, 6) is -2.53. The number of carbonyl (C=O) groups is 5. The largest absolute Gasteiger partial charge is 0.463 e. The van der Waals surface area contributed by atoms with E-state index >= 15 is 0 Å². The highest BCUT2D eigenvalue weighted by Crippen LogP contribution is 2.38. The molecule has 13 nitrogen and oxygen atoms in total. The van der Waals surface area contributed by atoms with E-state index < -0.39 is 40.9 Å². The second-order valence-corrected chi connectivity index (χ2v) is 14.7. The maximum atomic E-state index is 14.0. The first-order valence-electron chi connectivity index (χ1n) is 16.7. The average molecular weight is 820 g/mol. The molecule has 51 heavy (non-hydrogen) atoms. The fourth-order valence-corrected chi connectivity index (χ4v) is 6.25. The van der Waals surface area contributed by atoms with Crippen molar-refractivity contribution >= 4 is 64.0 Å². The molecule has 14 heteroatoms. The van der Waals surface area contributed by atoms with Gasteiger partial charge in [-0.05, 0) is 88.9 Å². The number of amides is 3. The number of rotatable bonds is 14. The van der Waals surface area contributed by atoms with E-state index in [4.69, 9.17) is 23.7 Å². The van der Waals surface area contributed by atoms with Gasteiger partial charge < -0.3 is 38.8 Å². The van der Waals surface area contributed by atoms with Crippen LogP contribution in [0.15, 0.2) is 48.5 Å². The van der Waals surface area contributed by atoms with Gasteiger partial charge in [-0.25, -0.2) is 9.59 Å².